The highest BCUT2D eigenvalue weighted by molar-refractivity contribution is 7.87. The van der Waals surface area contributed by atoms with E-state index in [1.165, 1.54) is 26.4 Å². The van der Waals surface area contributed by atoms with Crippen molar-refractivity contribution in [3.05, 3.63) is 77.1 Å². The SMILES string of the molecule is Cc1ccc(C(=O)N/C(=C\c2cn(S(=O)(=O)N(C)C)c3ccccc23)C(=O)NCCCO)cc1. The smallest absolute Gasteiger partial charge is 0.307 e. The number of aromatic nitrogens is 1. The number of para-hydroxylation sites is 1. The van der Waals surface area contributed by atoms with E-state index in [-0.39, 0.29) is 18.8 Å². The first-order valence-electron chi connectivity index (χ1n) is 10.7. The zero-order chi connectivity index (χ0) is 24.9. The Kier molecular flexibility index (Phi) is 7.87. The number of hydrogen-bond acceptors (Lipinski definition) is 5. The van der Waals surface area contributed by atoms with Gasteiger partial charge in [-0.1, -0.05) is 35.9 Å². The van der Waals surface area contributed by atoms with Crippen molar-refractivity contribution in [3.8, 4) is 0 Å². The van der Waals surface area contributed by atoms with Crippen LogP contribution in [0.15, 0.2) is 60.4 Å². The van der Waals surface area contributed by atoms with Crippen LogP contribution in [0.25, 0.3) is 17.0 Å². The molecule has 1 heterocycles. The summed E-state index contributed by atoms with van der Waals surface area (Å²) in [6.45, 7) is 2.02. The maximum atomic E-state index is 12.9. The van der Waals surface area contributed by atoms with Crippen molar-refractivity contribution in [1.29, 1.82) is 0 Å². The van der Waals surface area contributed by atoms with Crippen molar-refractivity contribution < 1.29 is 23.1 Å². The summed E-state index contributed by atoms with van der Waals surface area (Å²) < 4.78 is 27.9. The predicted molar refractivity (Wildman–Crippen MR) is 131 cm³/mol. The lowest BCUT2D eigenvalue weighted by molar-refractivity contribution is -0.117. The van der Waals surface area contributed by atoms with Gasteiger partial charge in [-0.15, -0.1) is 0 Å². The van der Waals surface area contributed by atoms with Gasteiger partial charge in [0.05, 0.1) is 5.52 Å². The molecular formula is C24H28N4O5S. The van der Waals surface area contributed by atoms with Gasteiger partial charge in [-0.05, 0) is 37.6 Å². The molecule has 3 rings (SSSR count). The number of fused-ring (bicyclic) bond motifs is 1. The van der Waals surface area contributed by atoms with Gasteiger partial charge in [0.25, 0.3) is 11.8 Å². The average molecular weight is 485 g/mol. The van der Waals surface area contributed by atoms with E-state index in [9.17, 15) is 18.0 Å². The Morgan fingerprint density at radius 3 is 2.41 bits per heavy atom. The van der Waals surface area contributed by atoms with Crippen LogP contribution in [0.1, 0.15) is 27.9 Å². The van der Waals surface area contributed by atoms with Crippen molar-refractivity contribution in [2.45, 2.75) is 13.3 Å². The Hall–Kier alpha value is -3.47. The Morgan fingerprint density at radius 2 is 1.76 bits per heavy atom. The Labute approximate surface area is 198 Å². The summed E-state index contributed by atoms with van der Waals surface area (Å²) in [5.41, 5.74) is 2.19. The third-order valence-corrected chi connectivity index (χ3v) is 6.87. The minimum absolute atomic E-state index is 0.0475. The van der Waals surface area contributed by atoms with Gasteiger partial charge in [0.15, 0.2) is 0 Å². The number of aryl methyl sites for hydroxylation is 1. The molecule has 0 radical (unpaired) electrons. The van der Waals surface area contributed by atoms with Gasteiger partial charge < -0.3 is 15.7 Å². The normalized spacial score (nSPS) is 12.2. The van der Waals surface area contributed by atoms with E-state index in [0.29, 0.717) is 28.5 Å². The number of benzene rings is 2. The highest BCUT2D eigenvalue weighted by Gasteiger charge is 2.22. The number of nitrogens with zero attached hydrogens (tertiary/aromatic N) is 2. The number of nitrogens with one attached hydrogen (secondary N) is 2. The quantitative estimate of drug-likeness (QED) is 0.316. The number of hydrogen-bond donors (Lipinski definition) is 3. The highest BCUT2D eigenvalue weighted by atomic mass is 32.2. The fraction of sp³-hybridized carbons (Fsp3) is 0.250. The molecule has 0 saturated heterocycles. The molecule has 180 valence electrons. The Morgan fingerprint density at radius 1 is 1.09 bits per heavy atom. The standard InChI is InChI=1S/C24H28N4O5S/c1-17-9-11-18(12-10-17)23(30)26-21(24(31)25-13-6-14-29)15-19-16-28(34(32,33)27(2)3)22-8-5-4-7-20(19)22/h4-5,7-12,15-16,29H,6,13-14H2,1-3H3,(H,25,31)(H,26,30)/b21-15-. The number of aliphatic hydroxyl groups is 1. The topological polar surface area (TPSA) is 121 Å². The molecule has 0 atom stereocenters. The largest absolute Gasteiger partial charge is 0.396 e. The Balaban J connectivity index is 2.07. The van der Waals surface area contributed by atoms with Crippen molar-refractivity contribution >= 4 is 39.0 Å². The fourth-order valence-corrected chi connectivity index (χ4v) is 4.25. The van der Waals surface area contributed by atoms with Crippen LogP contribution >= 0.6 is 0 Å². The summed E-state index contributed by atoms with van der Waals surface area (Å²) in [7, 11) is -0.957. The average Bonchev–Trinajstić information content (AvgIpc) is 3.18. The van der Waals surface area contributed by atoms with E-state index in [1.54, 1.807) is 48.5 Å². The zero-order valence-corrected chi connectivity index (χ0v) is 20.1. The first-order valence-corrected chi connectivity index (χ1v) is 12.1. The number of aliphatic hydroxyl groups excluding tert-OH is 1. The van der Waals surface area contributed by atoms with E-state index in [2.05, 4.69) is 10.6 Å². The first kappa shape index (κ1) is 25.2. The number of carbonyl (C=O) groups excluding carboxylic acids is 2. The molecule has 0 spiro atoms. The lowest BCUT2D eigenvalue weighted by Gasteiger charge is -2.13. The minimum atomic E-state index is -3.82. The van der Waals surface area contributed by atoms with Crippen LogP contribution in [0, 0.1) is 6.92 Å². The lowest BCUT2D eigenvalue weighted by Crippen LogP contribution is -2.35. The van der Waals surface area contributed by atoms with Gasteiger partial charge in [0, 0.05) is 50.0 Å². The summed E-state index contributed by atoms with van der Waals surface area (Å²) >= 11 is 0. The molecular weight excluding hydrogens is 456 g/mol. The molecule has 0 unspecified atom stereocenters. The second kappa shape index (κ2) is 10.6. The second-order valence-corrected chi connectivity index (χ2v) is 9.92. The maximum Gasteiger partial charge on any atom is 0.307 e. The molecule has 0 aliphatic rings. The fourth-order valence-electron chi connectivity index (χ4n) is 3.25. The lowest BCUT2D eigenvalue weighted by atomic mass is 10.1. The molecule has 9 nitrogen and oxygen atoms in total. The summed E-state index contributed by atoms with van der Waals surface area (Å²) in [6.07, 6.45) is 3.22. The van der Waals surface area contributed by atoms with Crippen LogP contribution in [0.4, 0.5) is 0 Å². The number of amides is 2. The van der Waals surface area contributed by atoms with Gasteiger partial charge >= 0.3 is 10.2 Å². The van der Waals surface area contributed by atoms with Gasteiger partial charge in [0.1, 0.15) is 5.70 Å². The second-order valence-electron chi connectivity index (χ2n) is 7.90. The van der Waals surface area contributed by atoms with Crippen LogP contribution in [0.3, 0.4) is 0 Å². The van der Waals surface area contributed by atoms with Gasteiger partial charge in [-0.2, -0.15) is 12.7 Å². The number of rotatable bonds is 9. The van der Waals surface area contributed by atoms with Crippen LogP contribution < -0.4 is 10.6 Å². The summed E-state index contributed by atoms with van der Waals surface area (Å²) in [5, 5.41) is 14.9. The third kappa shape index (κ3) is 5.53. The molecule has 0 aliphatic heterocycles. The summed E-state index contributed by atoms with van der Waals surface area (Å²) in [6, 6.07) is 13.8. The van der Waals surface area contributed by atoms with Gasteiger partial charge in [0.2, 0.25) is 0 Å². The van der Waals surface area contributed by atoms with Crippen molar-refractivity contribution in [2.75, 3.05) is 27.2 Å². The van der Waals surface area contributed by atoms with Gasteiger partial charge in [-0.25, -0.2) is 3.97 Å². The highest BCUT2D eigenvalue weighted by Crippen LogP contribution is 2.25. The van der Waals surface area contributed by atoms with E-state index in [1.807, 2.05) is 6.92 Å². The molecule has 0 fully saturated rings. The molecule has 0 aliphatic carbocycles. The molecule has 0 bridgehead atoms. The van der Waals surface area contributed by atoms with E-state index < -0.39 is 22.0 Å². The van der Waals surface area contributed by atoms with Crippen LogP contribution in [-0.4, -0.2) is 60.9 Å². The van der Waals surface area contributed by atoms with E-state index in [0.717, 1.165) is 13.8 Å². The predicted octanol–water partition coefficient (Wildman–Crippen LogP) is 1.87. The van der Waals surface area contributed by atoms with E-state index in [4.69, 9.17) is 5.11 Å². The Bertz CT molecular complexity index is 1330. The zero-order valence-electron chi connectivity index (χ0n) is 19.3. The van der Waals surface area contributed by atoms with Gasteiger partial charge in [-0.3, -0.25) is 9.59 Å². The third-order valence-electron chi connectivity index (χ3n) is 5.15. The monoisotopic (exact) mass is 484 g/mol. The van der Waals surface area contributed by atoms with Crippen molar-refractivity contribution in [3.63, 3.8) is 0 Å². The molecule has 1 aromatic heterocycles. The maximum absolute atomic E-state index is 12.9. The summed E-state index contributed by atoms with van der Waals surface area (Å²) in [4.78, 5) is 25.7. The molecule has 0 saturated carbocycles. The van der Waals surface area contributed by atoms with Crippen molar-refractivity contribution in [1.82, 2.24) is 18.9 Å². The van der Waals surface area contributed by atoms with E-state index >= 15 is 0 Å². The van der Waals surface area contributed by atoms with Crippen LogP contribution in [0.5, 0.6) is 0 Å². The molecule has 2 aromatic carbocycles. The summed E-state index contributed by atoms with van der Waals surface area (Å²) in [5.74, 6) is -1.03. The molecule has 2 amide bonds. The first-order chi connectivity index (χ1) is 16.1. The molecule has 34 heavy (non-hydrogen) atoms. The van der Waals surface area contributed by atoms with Crippen LogP contribution in [-0.2, 0) is 15.0 Å². The molecule has 3 N–H and O–H groups in total. The molecule has 10 heteroatoms. The minimum Gasteiger partial charge on any atom is -0.396 e. The number of carbonyl (C=O) groups is 2. The van der Waals surface area contributed by atoms with Crippen molar-refractivity contribution in [2.24, 2.45) is 0 Å². The van der Waals surface area contributed by atoms with Crippen LogP contribution in [0.2, 0.25) is 0 Å². The molecule has 3 aromatic rings.